The minimum atomic E-state index is 0.824. The first kappa shape index (κ1) is 12.1. The summed E-state index contributed by atoms with van der Waals surface area (Å²) < 4.78 is 1.18. The van der Waals surface area contributed by atoms with E-state index in [2.05, 4.69) is 54.0 Å². The predicted molar refractivity (Wildman–Crippen MR) is 69.8 cm³/mol. The highest BCUT2D eigenvalue weighted by Crippen LogP contribution is 2.18. The van der Waals surface area contributed by atoms with Crippen molar-refractivity contribution in [2.24, 2.45) is 5.92 Å². The van der Waals surface area contributed by atoms with Gasteiger partial charge in [-0.3, -0.25) is 0 Å². The fourth-order valence-corrected chi connectivity index (χ4v) is 2.78. The van der Waals surface area contributed by atoms with E-state index >= 15 is 0 Å². The van der Waals surface area contributed by atoms with Crippen LogP contribution in [0.2, 0.25) is 0 Å². The molecule has 0 bridgehead atoms. The minimum Gasteiger partial charge on any atom is -0.157 e. The Kier molecular flexibility index (Phi) is 5.64. The Hall–Kier alpha value is 0.0500. The van der Waals surface area contributed by atoms with Gasteiger partial charge in [0.05, 0.1) is 0 Å². The highest BCUT2D eigenvalue weighted by Gasteiger charge is 1.96. The Bertz CT molecular complexity index is 271. The molecule has 2 heteroatoms. The van der Waals surface area contributed by atoms with Crippen LogP contribution in [0.1, 0.15) is 25.8 Å². The first-order valence-electron chi connectivity index (χ1n) is 5.00. The van der Waals surface area contributed by atoms with Crippen LogP contribution in [0.4, 0.5) is 0 Å². The molecule has 1 aromatic carbocycles. The Morgan fingerprint density at radius 3 is 2.79 bits per heavy atom. The number of rotatable bonds is 5. The van der Waals surface area contributed by atoms with Gasteiger partial charge in [-0.05, 0) is 35.8 Å². The second kappa shape index (κ2) is 6.52. The first-order valence-corrected chi connectivity index (χ1v) is 6.95. The molecule has 0 nitrogen and oxygen atoms in total. The molecule has 0 aliphatic carbocycles. The highest BCUT2D eigenvalue weighted by atomic mass is 79.9. The van der Waals surface area contributed by atoms with E-state index in [1.54, 1.807) is 0 Å². The molecule has 0 saturated heterocycles. The van der Waals surface area contributed by atoms with Gasteiger partial charge in [0.15, 0.2) is 0 Å². The van der Waals surface area contributed by atoms with Crippen molar-refractivity contribution in [1.29, 1.82) is 0 Å². The van der Waals surface area contributed by atoms with Crippen molar-refractivity contribution < 1.29 is 0 Å². The lowest BCUT2D eigenvalue weighted by Crippen LogP contribution is -1.90. The molecule has 0 radical (unpaired) electrons. The van der Waals surface area contributed by atoms with Gasteiger partial charge in [0.25, 0.3) is 0 Å². The average molecular weight is 273 g/mol. The molecule has 1 rings (SSSR count). The lowest BCUT2D eigenvalue weighted by atomic mass is 10.2. The molecular formula is C12H17BrS. The van der Waals surface area contributed by atoms with Gasteiger partial charge in [0, 0.05) is 10.2 Å². The summed E-state index contributed by atoms with van der Waals surface area (Å²) in [7, 11) is 0. The van der Waals surface area contributed by atoms with E-state index in [4.69, 9.17) is 0 Å². The molecule has 0 heterocycles. The average Bonchev–Trinajstić information content (AvgIpc) is 2.12. The van der Waals surface area contributed by atoms with Crippen molar-refractivity contribution >= 4 is 27.7 Å². The zero-order valence-corrected chi connectivity index (χ0v) is 11.2. The van der Waals surface area contributed by atoms with E-state index in [1.807, 2.05) is 11.8 Å². The van der Waals surface area contributed by atoms with Gasteiger partial charge in [-0.1, -0.05) is 41.9 Å². The molecule has 0 aliphatic rings. The standard InChI is InChI=1S/C12H17BrS/c1-10(2)6-7-14-9-11-4-3-5-12(13)8-11/h3-5,8,10H,6-7,9H2,1-2H3. The van der Waals surface area contributed by atoms with Crippen molar-refractivity contribution in [3.05, 3.63) is 34.3 Å². The molecule has 0 atom stereocenters. The third-order valence-corrected chi connectivity index (χ3v) is 3.55. The van der Waals surface area contributed by atoms with Crippen molar-refractivity contribution in [1.82, 2.24) is 0 Å². The summed E-state index contributed by atoms with van der Waals surface area (Å²) in [5.41, 5.74) is 1.41. The first-order chi connectivity index (χ1) is 6.68. The monoisotopic (exact) mass is 272 g/mol. The summed E-state index contributed by atoms with van der Waals surface area (Å²) in [6, 6.07) is 8.56. The van der Waals surface area contributed by atoms with Crippen LogP contribution in [0.15, 0.2) is 28.7 Å². The van der Waals surface area contributed by atoms with Crippen molar-refractivity contribution in [3.63, 3.8) is 0 Å². The molecule has 0 fully saturated rings. The van der Waals surface area contributed by atoms with Gasteiger partial charge < -0.3 is 0 Å². The Balaban J connectivity index is 2.25. The van der Waals surface area contributed by atoms with Gasteiger partial charge in [-0.25, -0.2) is 0 Å². The fourth-order valence-electron chi connectivity index (χ4n) is 1.14. The van der Waals surface area contributed by atoms with E-state index in [9.17, 15) is 0 Å². The molecule has 0 amide bonds. The fraction of sp³-hybridized carbons (Fsp3) is 0.500. The van der Waals surface area contributed by atoms with Crippen LogP contribution < -0.4 is 0 Å². The SMILES string of the molecule is CC(C)CCSCc1cccc(Br)c1. The molecule has 0 saturated carbocycles. The van der Waals surface area contributed by atoms with Crippen molar-refractivity contribution in [2.75, 3.05) is 5.75 Å². The van der Waals surface area contributed by atoms with E-state index < -0.39 is 0 Å². The topological polar surface area (TPSA) is 0 Å². The van der Waals surface area contributed by atoms with E-state index in [0.717, 1.165) is 11.7 Å². The quantitative estimate of drug-likeness (QED) is 0.699. The number of thioether (sulfide) groups is 1. The van der Waals surface area contributed by atoms with Crippen LogP contribution in [-0.4, -0.2) is 5.75 Å². The summed E-state index contributed by atoms with van der Waals surface area (Å²) in [5, 5.41) is 0. The van der Waals surface area contributed by atoms with E-state index in [0.29, 0.717) is 0 Å². The molecule has 0 N–H and O–H groups in total. The maximum absolute atomic E-state index is 3.49. The molecule has 78 valence electrons. The van der Waals surface area contributed by atoms with Gasteiger partial charge in [-0.2, -0.15) is 11.8 Å². The third-order valence-electron chi connectivity index (χ3n) is 2.00. The van der Waals surface area contributed by atoms with Crippen LogP contribution in [0.25, 0.3) is 0 Å². The van der Waals surface area contributed by atoms with Crippen molar-refractivity contribution in [2.45, 2.75) is 26.0 Å². The van der Waals surface area contributed by atoms with Crippen LogP contribution in [0.5, 0.6) is 0 Å². The number of hydrogen-bond acceptors (Lipinski definition) is 1. The van der Waals surface area contributed by atoms with E-state index in [-0.39, 0.29) is 0 Å². The number of benzene rings is 1. The van der Waals surface area contributed by atoms with Crippen LogP contribution in [0, 0.1) is 5.92 Å². The Morgan fingerprint density at radius 2 is 2.14 bits per heavy atom. The van der Waals surface area contributed by atoms with Gasteiger partial charge in [-0.15, -0.1) is 0 Å². The molecular weight excluding hydrogens is 256 g/mol. The molecule has 1 aromatic rings. The summed E-state index contributed by atoms with van der Waals surface area (Å²) in [5.74, 6) is 3.22. The van der Waals surface area contributed by atoms with Crippen LogP contribution >= 0.6 is 27.7 Å². The molecule has 0 spiro atoms. The summed E-state index contributed by atoms with van der Waals surface area (Å²) >= 11 is 5.51. The Labute approximate surface area is 99.6 Å². The van der Waals surface area contributed by atoms with Crippen LogP contribution in [0.3, 0.4) is 0 Å². The molecule has 14 heavy (non-hydrogen) atoms. The van der Waals surface area contributed by atoms with Gasteiger partial charge >= 0.3 is 0 Å². The summed E-state index contributed by atoms with van der Waals surface area (Å²) in [6.45, 7) is 4.55. The zero-order valence-electron chi connectivity index (χ0n) is 8.79. The Morgan fingerprint density at radius 1 is 1.36 bits per heavy atom. The third kappa shape index (κ3) is 5.06. The highest BCUT2D eigenvalue weighted by molar-refractivity contribution is 9.10. The smallest absolute Gasteiger partial charge is 0.0184 e. The van der Waals surface area contributed by atoms with Crippen molar-refractivity contribution in [3.8, 4) is 0 Å². The minimum absolute atomic E-state index is 0.824. The lowest BCUT2D eigenvalue weighted by Gasteiger charge is -2.04. The summed E-state index contributed by atoms with van der Waals surface area (Å²) in [6.07, 6.45) is 1.32. The lowest BCUT2D eigenvalue weighted by molar-refractivity contribution is 0.632. The predicted octanol–water partition coefficient (Wildman–Crippen LogP) is 4.73. The largest absolute Gasteiger partial charge is 0.157 e. The van der Waals surface area contributed by atoms with E-state index in [1.165, 1.54) is 22.2 Å². The van der Waals surface area contributed by atoms with Gasteiger partial charge in [0.1, 0.15) is 0 Å². The maximum Gasteiger partial charge on any atom is 0.0184 e. The molecule has 0 unspecified atom stereocenters. The summed E-state index contributed by atoms with van der Waals surface area (Å²) in [4.78, 5) is 0. The second-order valence-electron chi connectivity index (χ2n) is 3.87. The van der Waals surface area contributed by atoms with Gasteiger partial charge in [0.2, 0.25) is 0 Å². The molecule has 0 aliphatic heterocycles. The molecule has 0 aromatic heterocycles. The zero-order chi connectivity index (χ0) is 10.4. The van der Waals surface area contributed by atoms with Crippen LogP contribution in [-0.2, 0) is 5.75 Å². The number of halogens is 1. The number of hydrogen-bond donors (Lipinski definition) is 0. The maximum atomic E-state index is 3.49. The normalized spacial score (nSPS) is 10.9. The second-order valence-corrected chi connectivity index (χ2v) is 5.89.